The summed E-state index contributed by atoms with van der Waals surface area (Å²) >= 11 is 0. The molecule has 0 fully saturated rings. The first-order valence-electron chi connectivity index (χ1n) is 2.85. The molecular formula is C6H14O3. The van der Waals surface area contributed by atoms with E-state index in [2.05, 4.69) is 0 Å². The molecular weight excluding hydrogens is 120 g/mol. The lowest BCUT2D eigenvalue weighted by atomic mass is 10.2. The van der Waals surface area contributed by atoms with E-state index in [9.17, 15) is 0 Å². The van der Waals surface area contributed by atoms with Crippen LogP contribution in [-0.4, -0.2) is 31.2 Å². The van der Waals surface area contributed by atoms with Gasteiger partial charge in [0, 0.05) is 14.2 Å². The highest BCUT2D eigenvalue weighted by Gasteiger charge is 2.28. The van der Waals surface area contributed by atoms with Crippen LogP contribution in [0.4, 0.5) is 0 Å². The van der Waals surface area contributed by atoms with Gasteiger partial charge in [-0.05, 0) is 13.8 Å². The second kappa shape index (κ2) is 3.15. The summed E-state index contributed by atoms with van der Waals surface area (Å²) in [5.41, 5.74) is 0. The summed E-state index contributed by atoms with van der Waals surface area (Å²) in [6, 6.07) is 0. The molecule has 0 aliphatic rings. The Balaban J connectivity index is 3.92. The van der Waals surface area contributed by atoms with Gasteiger partial charge in [0.2, 0.25) is 0 Å². The fourth-order valence-electron chi connectivity index (χ4n) is 0.424. The zero-order chi connectivity index (χ0) is 7.49. The molecule has 0 amide bonds. The molecule has 0 aromatic carbocycles. The van der Waals surface area contributed by atoms with Gasteiger partial charge in [-0.25, -0.2) is 0 Å². The van der Waals surface area contributed by atoms with Gasteiger partial charge in [-0.2, -0.15) is 0 Å². The molecule has 0 radical (unpaired) electrons. The topological polar surface area (TPSA) is 38.7 Å². The normalized spacial score (nSPS) is 15.7. The molecule has 0 saturated heterocycles. The van der Waals surface area contributed by atoms with Gasteiger partial charge < -0.3 is 14.6 Å². The molecule has 0 heterocycles. The smallest absolute Gasteiger partial charge is 0.190 e. The first kappa shape index (κ1) is 8.88. The van der Waals surface area contributed by atoms with Crippen LogP contribution in [0.3, 0.4) is 0 Å². The van der Waals surface area contributed by atoms with E-state index in [1.54, 1.807) is 13.8 Å². The van der Waals surface area contributed by atoms with E-state index in [0.717, 1.165) is 0 Å². The second-order valence-corrected chi connectivity index (χ2v) is 2.10. The Labute approximate surface area is 55.6 Å². The van der Waals surface area contributed by atoms with Gasteiger partial charge in [-0.3, -0.25) is 0 Å². The van der Waals surface area contributed by atoms with Crippen molar-refractivity contribution in [3.8, 4) is 0 Å². The predicted molar refractivity (Wildman–Crippen MR) is 34.1 cm³/mol. The molecule has 0 bridgehead atoms. The quantitative estimate of drug-likeness (QED) is 0.567. The second-order valence-electron chi connectivity index (χ2n) is 2.10. The maximum Gasteiger partial charge on any atom is 0.190 e. The number of rotatable bonds is 3. The molecule has 0 aliphatic heterocycles. The molecule has 56 valence electrons. The Morgan fingerprint density at radius 1 is 1.33 bits per heavy atom. The Bertz CT molecular complexity index is 76.4. The zero-order valence-corrected chi connectivity index (χ0v) is 6.34. The molecule has 3 nitrogen and oxygen atoms in total. The Morgan fingerprint density at radius 3 is 1.67 bits per heavy atom. The van der Waals surface area contributed by atoms with E-state index in [0.29, 0.717) is 0 Å². The van der Waals surface area contributed by atoms with Crippen molar-refractivity contribution in [2.45, 2.75) is 25.7 Å². The minimum atomic E-state index is -0.861. The highest BCUT2D eigenvalue weighted by atomic mass is 16.7. The van der Waals surface area contributed by atoms with E-state index in [-0.39, 0.29) is 0 Å². The van der Waals surface area contributed by atoms with Gasteiger partial charge in [0.15, 0.2) is 5.79 Å². The largest absolute Gasteiger partial charge is 0.388 e. The highest BCUT2D eigenvalue weighted by Crippen LogP contribution is 2.14. The van der Waals surface area contributed by atoms with Crippen LogP contribution in [0.5, 0.6) is 0 Å². The number of hydrogen-bond acceptors (Lipinski definition) is 3. The SMILES string of the molecule is COC(C)(OC)[C@@H](C)O. The summed E-state index contributed by atoms with van der Waals surface area (Å²) in [5, 5.41) is 9.02. The summed E-state index contributed by atoms with van der Waals surface area (Å²) in [6.07, 6.45) is -0.618. The summed E-state index contributed by atoms with van der Waals surface area (Å²) in [4.78, 5) is 0. The molecule has 1 N–H and O–H groups in total. The third-order valence-corrected chi connectivity index (χ3v) is 1.57. The van der Waals surface area contributed by atoms with Crippen LogP contribution in [0.2, 0.25) is 0 Å². The van der Waals surface area contributed by atoms with Crippen molar-refractivity contribution in [2.24, 2.45) is 0 Å². The van der Waals surface area contributed by atoms with E-state index in [4.69, 9.17) is 14.6 Å². The maximum atomic E-state index is 9.02. The molecule has 0 aromatic heterocycles. The van der Waals surface area contributed by atoms with Gasteiger partial charge in [-0.1, -0.05) is 0 Å². The fourth-order valence-corrected chi connectivity index (χ4v) is 0.424. The molecule has 3 heteroatoms. The zero-order valence-electron chi connectivity index (χ0n) is 6.34. The number of aliphatic hydroxyl groups excluding tert-OH is 1. The molecule has 0 saturated carbocycles. The fraction of sp³-hybridized carbons (Fsp3) is 1.00. The van der Waals surface area contributed by atoms with Crippen molar-refractivity contribution in [2.75, 3.05) is 14.2 Å². The molecule has 0 aliphatic carbocycles. The van der Waals surface area contributed by atoms with E-state index >= 15 is 0 Å². The lowest BCUT2D eigenvalue weighted by Gasteiger charge is -2.28. The van der Waals surface area contributed by atoms with Gasteiger partial charge in [0.25, 0.3) is 0 Å². The summed E-state index contributed by atoms with van der Waals surface area (Å²) in [7, 11) is 2.99. The lowest BCUT2D eigenvalue weighted by Crippen LogP contribution is -2.41. The molecule has 0 rings (SSSR count). The number of hydrogen-bond donors (Lipinski definition) is 1. The first-order valence-corrected chi connectivity index (χ1v) is 2.85. The van der Waals surface area contributed by atoms with Crippen LogP contribution >= 0.6 is 0 Å². The van der Waals surface area contributed by atoms with Gasteiger partial charge in [0.05, 0.1) is 0 Å². The van der Waals surface area contributed by atoms with Crippen LogP contribution in [0.1, 0.15) is 13.8 Å². The van der Waals surface area contributed by atoms with Crippen molar-refractivity contribution in [1.82, 2.24) is 0 Å². The standard InChI is InChI=1S/C6H14O3/c1-5(7)6(2,8-3)9-4/h5,7H,1-4H3/t5-/m1/s1. The Hall–Kier alpha value is -0.120. The third kappa shape index (κ3) is 1.93. The molecule has 0 spiro atoms. The van der Waals surface area contributed by atoms with Crippen LogP contribution in [0.25, 0.3) is 0 Å². The number of aliphatic hydroxyl groups is 1. The Kier molecular flexibility index (Phi) is 3.11. The van der Waals surface area contributed by atoms with Gasteiger partial charge in [0.1, 0.15) is 6.10 Å². The van der Waals surface area contributed by atoms with E-state index in [1.807, 2.05) is 0 Å². The minimum absolute atomic E-state index is 0.618. The average molecular weight is 134 g/mol. The van der Waals surface area contributed by atoms with Crippen molar-refractivity contribution in [3.05, 3.63) is 0 Å². The molecule has 1 atom stereocenters. The third-order valence-electron chi connectivity index (χ3n) is 1.57. The van der Waals surface area contributed by atoms with Crippen LogP contribution in [-0.2, 0) is 9.47 Å². The summed E-state index contributed by atoms with van der Waals surface area (Å²) < 4.78 is 9.75. The van der Waals surface area contributed by atoms with Crippen LogP contribution in [0, 0.1) is 0 Å². The van der Waals surface area contributed by atoms with E-state index < -0.39 is 11.9 Å². The monoisotopic (exact) mass is 134 g/mol. The minimum Gasteiger partial charge on any atom is -0.388 e. The van der Waals surface area contributed by atoms with Crippen molar-refractivity contribution in [1.29, 1.82) is 0 Å². The average Bonchev–Trinajstić information content (AvgIpc) is 1.86. The van der Waals surface area contributed by atoms with Gasteiger partial charge >= 0.3 is 0 Å². The summed E-state index contributed by atoms with van der Waals surface area (Å²) in [6.45, 7) is 3.30. The molecule has 0 unspecified atom stereocenters. The predicted octanol–water partition coefficient (Wildman–Crippen LogP) is 0.376. The lowest BCUT2D eigenvalue weighted by molar-refractivity contribution is -0.242. The molecule has 0 aromatic rings. The highest BCUT2D eigenvalue weighted by molar-refractivity contribution is 4.67. The molecule has 9 heavy (non-hydrogen) atoms. The van der Waals surface area contributed by atoms with Crippen molar-refractivity contribution < 1.29 is 14.6 Å². The maximum absolute atomic E-state index is 9.02. The Morgan fingerprint density at radius 2 is 1.67 bits per heavy atom. The van der Waals surface area contributed by atoms with Crippen molar-refractivity contribution in [3.63, 3.8) is 0 Å². The summed E-state index contributed by atoms with van der Waals surface area (Å²) in [5.74, 6) is -0.861. The number of methoxy groups -OCH3 is 2. The van der Waals surface area contributed by atoms with Crippen LogP contribution in [0.15, 0.2) is 0 Å². The van der Waals surface area contributed by atoms with Gasteiger partial charge in [-0.15, -0.1) is 0 Å². The van der Waals surface area contributed by atoms with E-state index in [1.165, 1.54) is 14.2 Å². The first-order chi connectivity index (χ1) is 4.06. The number of ether oxygens (including phenoxy) is 2. The van der Waals surface area contributed by atoms with Crippen LogP contribution < -0.4 is 0 Å². The van der Waals surface area contributed by atoms with Crippen molar-refractivity contribution >= 4 is 0 Å².